The average molecular weight is 155 g/mol. The van der Waals surface area contributed by atoms with Crippen molar-refractivity contribution in [3.8, 4) is 0 Å². The van der Waals surface area contributed by atoms with E-state index < -0.39 is 0 Å². The zero-order valence-corrected chi connectivity index (χ0v) is 8.35. The van der Waals surface area contributed by atoms with Gasteiger partial charge in [0.2, 0.25) is 0 Å². The molecule has 0 saturated heterocycles. The molecule has 0 aliphatic rings. The van der Waals surface area contributed by atoms with Crippen LogP contribution in [0.3, 0.4) is 0 Å². The second-order valence-corrected chi connectivity index (χ2v) is 2.67. The van der Waals surface area contributed by atoms with Crippen molar-refractivity contribution in [1.82, 2.24) is 0 Å². The van der Waals surface area contributed by atoms with Gasteiger partial charge in [0.25, 0.3) is 0 Å². The molecule has 0 fully saturated rings. The number of allylic oxidation sites excluding steroid dienone is 1. The van der Waals surface area contributed by atoms with E-state index in [1.807, 2.05) is 20.8 Å². The lowest BCUT2D eigenvalue weighted by Gasteiger charge is -2.05. The van der Waals surface area contributed by atoms with Gasteiger partial charge in [0.1, 0.15) is 0 Å². The van der Waals surface area contributed by atoms with Crippen LogP contribution in [0.2, 0.25) is 0 Å². The molecule has 0 saturated carbocycles. The Bertz CT molecular complexity index is 105. The van der Waals surface area contributed by atoms with Crippen LogP contribution < -0.4 is 0 Å². The third kappa shape index (κ3) is 12.6. The second-order valence-electron chi connectivity index (χ2n) is 2.67. The number of rotatable bonds is 4. The molecule has 1 nitrogen and oxygen atoms in total. The third-order valence-corrected chi connectivity index (χ3v) is 1.14. The van der Waals surface area contributed by atoms with Crippen molar-refractivity contribution in [2.45, 2.75) is 34.1 Å². The van der Waals surface area contributed by atoms with Crippen LogP contribution in [-0.4, -0.2) is 13.3 Å². The number of hydrogen-bond donors (Lipinski definition) is 0. The SMILES string of the molecule is C=NCC(C)CC(=C)C.CC. The molecule has 0 N–H and O–H groups in total. The van der Waals surface area contributed by atoms with E-state index in [9.17, 15) is 0 Å². The van der Waals surface area contributed by atoms with Gasteiger partial charge in [-0.3, -0.25) is 0 Å². The molecule has 0 aromatic heterocycles. The molecule has 0 aromatic rings. The molecular formula is C10H21N. The Morgan fingerprint density at radius 1 is 1.45 bits per heavy atom. The predicted octanol–water partition coefficient (Wildman–Crippen LogP) is 3.32. The minimum absolute atomic E-state index is 0.611. The first-order valence-electron chi connectivity index (χ1n) is 4.23. The first-order chi connectivity index (χ1) is 5.16. The van der Waals surface area contributed by atoms with E-state index in [1.54, 1.807) is 0 Å². The average Bonchev–Trinajstić information content (AvgIpc) is 1.91. The Balaban J connectivity index is 0. The zero-order valence-electron chi connectivity index (χ0n) is 8.35. The fraction of sp³-hybridized carbons (Fsp3) is 0.700. The van der Waals surface area contributed by atoms with Crippen LogP contribution in [0.25, 0.3) is 0 Å². The fourth-order valence-electron chi connectivity index (χ4n) is 0.880. The summed E-state index contributed by atoms with van der Waals surface area (Å²) in [5, 5.41) is 0. The highest BCUT2D eigenvalue weighted by molar-refractivity contribution is 5.23. The molecule has 0 aliphatic carbocycles. The number of hydrogen-bond acceptors (Lipinski definition) is 1. The lowest BCUT2D eigenvalue weighted by Crippen LogP contribution is -1.98. The van der Waals surface area contributed by atoms with Gasteiger partial charge in [0.05, 0.1) is 0 Å². The summed E-state index contributed by atoms with van der Waals surface area (Å²) in [6.07, 6.45) is 1.07. The first kappa shape index (κ1) is 13.0. The van der Waals surface area contributed by atoms with Gasteiger partial charge in [0.15, 0.2) is 0 Å². The van der Waals surface area contributed by atoms with E-state index in [4.69, 9.17) is 0 Å². The molecule has 0 amide bonds. The van der Waals surface area contributed by atoms with Crippen molar-refractivity contribution in [2.75, 3.05) is 6.54 Å². The van der Waals surface area contributed by atoms with Crippen molar-refractivity contribution in [3.63, 3.8) is 0 Å². The van der Waals surface area contributed by atoms with Crippen molar-refractivity contribution in [2.24, 2.45) is 10.9 Å². The molecule has 0 bridgehead atoms. The summed E-state index contributed by atoms with van der Waals surface area (Å²) in [5.41, 5.74) is 1.23. The molecule has 1 atom stereocenters. The van der Waals surface area contributed by atoms with E-state index in [0.717, 1.165) is 13.0 Å². The van der Waals surface area contributed by atoms with Gasteiger partial charge in [-0.1, -0.05) is 26.3 Å². The third-order valence-electron chi connectivity index (χ3n) is 1.14. The molecule has 11 heavy (non-hydrogen) atoms. The molecule has 1 heteroatoms. The standard InChI is InChI=1S/C8H15N.C2H6/c1-7(2)5-8(3)6-9-4;1-2/h8H,1,4-6H2,2-3H3;1-2H3. The Morgan fingerprint density at radius 3 is 2.18 bits per heavy atom. The Labute approximate surface area is 71.2 Å². The van der Waals surface area contributed by atoms with Gasteiger partial charge in [-0.15, -0.1) is 6.58 Å². The quantitative estimate of drug-likeness (QED) is 0.436. The lowest BCUT2D eigenvalue weighted by atomic mass is 10.0. The summed E-state index contributed by atoms with van der Waals surface area (Å²) < 4.78 is 0. The maximum absolute atomic E-state index is 3.82. The van der Waals surface area contributed by atoms with Crippen LogP contribution in [0.15, 0.2) is 17.1 Å². The summed E-state index contributed by atoms with van der Waals surface area (Å²) in [7, 11) is 0. The highest BCUT2D eigenvalue weighted by Gasteiger charge is 1.98. The molecular weight excluding hydrogens is 134 g/mol. The van der Waals surface area contributed by atoms with Crippen molar-refractivity contribution in [3.05, 3.63) is 12.2 Å². The van der Waals surface area contributed by atoms with Crippen LogP contribution in [0.1, 0.15) is 34.1 Å². The Hall–Kier alpha value is -0.590. The van der Waals surface area contributed by atoms with Gasteiger partial charge in [0, 0.05) is 6.54 Å². The van der Waals surface area contributed by atoms with Crippen molar-refractivity contribution in [1.29, 1.82) is 0 Å². The highest BCUT2D eigenvalue weighted by atomic mass is 14.7. The van der Waals surface area contributed by atoms with E-state index in [0.29, 0.717) is 5.92 Å². The monoisotopic (exact) mass is 155 g/mol. The van der Waals surface area contributed by atoms with E-state index >= 15 is 0 Å². The van der Waals surface area contributed by atoms with Crippen LogP contribution in [0.5, 0.6) is 0 Å². The van der Waals surface area contributed by atoms with E-state index in [1.165, 1.54) is 5.57 Å². The maximum Gasteiger partial charge on any atom is 0.0410 e. The van der Waals surface area contributed by atoms with Crippen LogP contribution in [0, 0.1) is 5.92 Å². The fourth-order valence-corrected chi connectivity index (χ4v) is 0.880. The molecule has 66 valence electrons. The van der Waals surface area contributed by atoms with Gasteiger partial charge < -0.3 is 4.99 Å². The molecule has 0 heterocycles. The highest BCUT2D eigenvalue weighted by Crippen LogP contribution is 2.08. The van der Waals surface area contributed by atoms with Gasteiger partial charge in [-0.25, -0.2) is 0 Å². The molecule has 0 aliphatic heterocycles. The van der Waals surface area contributed by atoms with Crippen molar-refractivity contribution >= 4 is 6.72 Å². The molecule has 0 aromatic carbocycles. The van der Waals surface area contributed by atoms with Crippen LogP contribution in [-0.2, 0) is 0 Å². The van der Waals surface area contributed by atoms with E-state index in [2.05, 4.69) is 25.2 Å². The zero-order chi connectivity index (χ0) is 9.28. The lowest BCUT2D eigenvalue weighted by molar-refractivity contribution is 0.593. The number of aliphatic imine (C=N–C) groups is 1. The smallest absolute Gasteiger partial charge is 0.0410 e. The molecule has 0 radical (unpaired) electrons. The van der Waals surface area contributed by atoms with Crippen molar-refractivity contribution < 1.29 is 0 Å². The topological polar surface area (TPSA) is 12.4 Å². The summed E-state index contributed by atoms with van der Waals surface area (Å²) >= 11 is 0. The number of nitrogens with zero attached hydrogens (tertiary/aromatic N) is 1. The summed E-state index contributed by atoms with van der Waals surface area (Å²) in [6.45, 7) is 16.3. The largest absolute Gasteiger partial charge is 0.301 e. The van der Waals surface area contributed by atoms with Crippen LogP contribution in [0.4, 0.5) is 0 Å². The Morgan fingerprint density at radius 2 is 1.91 bits per heavy atom. The molecule has 1 unspecified atom stereocenters. The minimum atomic E-state index is 0.611. The normalized spacial score (nSPS) is 10.9. The first-order valence-corrected chi connectivity index (χ1v) is 4.23. The maximum atomic E-state index is 3.82. The van der Waals surface area contributed by atoms with Gasteiger partial charge in [-0.05, 0) is 26.0 Å². The second kappa shape index (κ2) is 9.41. The molecule has 0 spiro atoms. The summed E-state index contributed by atoms with van der Waals surface area (Å²) in [5.74, 6) is 0.611. The van der Waals surface area contributed by atoms with E-state index in [-0.39, 0.29) is 0 Å². The van der Waals surface area contributed by atoms with Gasteiger partial charge in [-0.2, -0.15) is 0 Å². The summed E-state index contributed by atoms with van der Waals surface area (Å²) in [4.78, 5) is 3.80. The minimum Gasteiger partial charge on any atom is -0.301 e. The predicted molar refractivity (Wildman–Crippen MR) is 54.4 cm³/mol. The molecule has 0 rings (SSSR count). The summed E-state index contributed by atoms with van der Waals surface area (Å²) in [6, 6.07) is 0. The Kier molecular flexibility index (Phi) is 11.1. The van der Waals surface area contributed by atoms with Crippen LogP contribution >= 0.6 is 0 Å². The van der Waals surface area contributed by atoms with Gasteiger partial charge >= 0.3 is 0 Å².